The molecule has 13 heteroatoms. The third kappa shape index (κ3) is 4.19. The molecule has 2 fully saturated rings. The fraction of sp³-hybridized carbons (Fsp3) is 0.391. The number of hydrogen-bond donors (Lipinski definition) is 1. The van der Waals surface area contributed by atoms with Crippen LogP contribution in [-0.4, -0.2) is 54.1 Å². The molecule has 0 unspecified atom stereocenters. The number of rotatable bonds is 4. The zero-order chi connectivity index (χ0) is 25.0. The number of pyridine rings is 1. The maximum Gasteiger partial charge on any atom is 0.433 e. The van der Waals surface area contributed by atoms with Crippen molar-refractivity contribution in [2.75, 3.05) is 18.0 Å². The van der Waals surface area contributed by atoms with Crippen molar-refractivity contribution in [3.8, 4) is 11.3 Å². The number of nitrogens with zero attached hydrogens (tertiary/aromatic N) is 7. The number of halogens is 3. The number of aromatic nitrogens is 7. The van der Waals surface area contributed by atoms with Crippen molar-refractivity contribution in [3.05, 3.63) is 58.5 Å². The number of ether oxygens (including phenoxy) is 1. The highest BCUT2D eigenvalue weighted by molar-refractivity contribution is 5.91. The van der Waals surface area contributed by atoms with Gasteiger partial charge in [0.1, 0.15) is 17.3 Å². The second-order valence-electron chi connectivity index (χ2n) is 9.09. The van der Waals surface area contributed by atoms with Gasteiger partial charge in [-0.3, -0.25) is 14.5 Å². The van der Waals surface area contributed by atoms with Gasteiger partial charge in [-0.2, -0.15) is 23.4 Å². The molecule has 2 aliphatic rings. The highest BCUT2D eigenvalue weighted by Crippen LogP contribution is 2.36. The molecule has 6 rings (SSSR count). The van der Waals surface area contributed by atoms with Crippen molar-refractivity contribution >= 4 is 16.9 Å². The molecule has 0 bridgehead atoms. The van der Waals surface area contributed by atoms with Crippen LogP contribution in [-0.2, 0) is 10.9 Å². The molecule has 1 saturated heterocycles. The average molecular weight is 498 g/mol. The molecule has 1 aliphatic heterocycles. The first-order valence-electron chi connectivity index (χ1n) is 11.5. The van der Waals surface area contributed by atoms with Crippen LogP contribution >= 0.6 is 0 Å². The molecule has 1 N–H and O–H groups in total. The molecular weight excluding hydrogens is 477 g/mol. The van der Waals surface area contributed by atoms with Gasteiger partial charge in [0, 0.05) is 30.1 Å². The normalized spacial score (nSPS) is 20.7. The van der Waals surface area contributed by atoms with Crippen molar-refractivity contribution in [3.63, 3.8) is 0 Å². The lowest BCUT2D eigenvalue weighted by molar-refractivity contribution is -0.141. The Morgan fingerprint density at radius 1 is 1.11 bits per heavy atom. The van der Waals surface area contributed by atoms with Crippen molar-refractivity contribution < 1.29 is 17.9 Å². The van der Waals surface area contributed by atoms with E-state index in [1.54, 1.807) is 6.20 Å². The van der Waals surface area contributed by atoms with E-state index in [-0.39, 0.29) is 29.4 Å². The van der Waals surface area contributed by atoms with Crippen molar-refractivity contribution in [1.82, 2.24) is 34.9 Å². The minimum absolute atomic E-state index is 0.0853. The van der Waals surface area contributed by atoms with Gasteiger partial charge in [0.25, 0.3) is 5.56 Å². The van der Waals surface area contributed by atoms with Crippen LogP contribution in [0.4, 0.5) is 19.1 Å². The molecule has 2 atom stereocenters. The second-order valence-corrected chi connectivity index (χ2v) is 9.09. The van der Waals surface area contributed by atoms with E-state index in [4.69, 9.17) is 4.74 Å². The second kappa shape index (κ2) is 8.36. The van der Waals surface area contributed by atoms with E-state index >= 15 is 0 Å². The molecule has 1 saturated carbocycles. The molecule has 10 nitrogen and oxygen atoms in total. The monoisotopic (exact) mass is 498 g/mol. The van der Waals surface area contributed by atoms with Gasteiger partial charge in [-0.05, 0) is 31.9 Å². The number of alkyl halides is 3. The number of hydrogen-bond acceptors (Lipinski definition) is 8. The van der Waals surface area contributed by atoms with Crippen LogP contribution in [0.3, 0.4) is 0 Å². The number of fused-ring (bicyclic) bond motifs is 1. The van der Waals surface area contributed by atoms with E-state index < -0.39 is 17.4 Å². The third-order valence-corrected chi connectivity index (χ3v) is 6.29. The molecule has 186 valence electrons. The number of nitrogens with one attached hydrogen (secondary N) is 1. The SMILES string of the molecule is C[C@@H]1CN(c2nc(-c3ccc(C(F)(F)F)nc3)c3cn[nH]c(=O)c3n2)C[C@H](c2cnn(C3CC3)c2)O1. The zero-order valence-corrected chi connectivity index (χ0v) is 19.1. The smallest absolute Gasteiger partial charge is 0.367 e. The Hall–Kier alpha value is -3.87. The summed E-state index contributed by atoms with van der Waals surface area (Å²) in [5.74, 6) is 0.267. The van der Waals surface area contributed by atoms with E-state index in [1.807, 2.05) is 22.7 Å². The van der Waals surface area contributed by atoms with E-state index in [2.05, 4.69) is 30.2 Å². The summed E-state index contributed by atoms with van der Waals surface area (Å²) in [4.78, 5) is 27.2. The van der Waals surface area contributed by atoms with Gasteiger partial charge < -0.3 is 9.64 Å². The molecule has 4 aromatic heterocycles. The minimum Gasteiger partial charge on any atom is -0.367 e. The number of anilines is 1. The molecule has 0 radical (unpaired) electrons. The summed E-state index contributed by atoms with van der Waals surface area (Å²) in [6, 6.07) is 2.60. The molecule has 0 amide bonds. The van der Waals surface area contributed by atoms with Crippen LogP contribution in [0.5, 0.6) is 0 Å². The average Bonchev–Trinajstić information content (AvgIpc) is 3.59. The number of morpholine rings is 1. The lowest BCUT2D eigenvalue weighted by Crippen LogP contribution is -2.43. The quantitative estimate of drug-likeness (QED) is 0.456. The first kappa shape index (κ1) is 22.6. The van der Waals surface area contributed by atoms with Crippen molar-refractivity contribution in [2.45, 2.75) is 44.2 Å². The summed E-state index contributed by atoms with van der Waals surface area (Å²) in [5, 5.41) is 10.9. The Morgan fingerprint density at radius 3 is 2.67 bits per heavy atom. The summed E-state index contributed by atoms with van der Waals surface area (Å²) in [6.45, 7) is 2.81. The standard InChI is InChI=1S/C23H21F3N8O2/c1-12-9-33(11-17(36-12)14-7-29-34(10-14)15-3-4-15)22-30-19(16-8-28-32-21(35)20(16)31-22)13-2-5-18(27-6-13)23(24,25)26/h2,5-8,10,12,15,17H,3-4,9,11H2,1H3,(H,32,35)/t12-,17-/m1/s1. The molecule has 0 aromatic carbocycles. The Kier molecular flexibility index (Phi) is 5.25. The van der Waals surface area contributed by atoms with Crippen LogP contribution < -0.4 is 10.5 Å². The van der Waals surface area contributed by atoms with Crippen LogP contribution in [0, 0.1) is 0 Å². The summed E-state index contributed by atoms with van der Waals surface area (Å²) >= 11 is 0. The van der Waals surface area contributed by atoms with E-state index in [0.29, 0.717) is 30.1 Å². The first-order valence-corrected chi connectivity index (χ1v) is 11.5. The summed E-state index contributed by atoms with van der Waals surface area (Å²) < 4.78 is 47.2. The summed E-state index contributed by atoms with van der Waals surface area (Å²) in [6.07, 6.45) is 3.48. The Balaban J connectivity index is 1.40. The lowest BCUT2D eigenvalue weighted by Gasteiger charge is -2.36. The molecule has 1 aliphatic carbocycles. The lowest BCUT2D eigenvalue weighted by atomic mass is 10.1. The maximum atomic E-state index is 13.0. The number of aromatic amines is 1. The highest BCUT2D eigenvalue weighted by atomic mass is 19.4. The third-order valence-electron chi connectivity index (χ3n) is 6.29. The van der Waals surface area contributed by atoms with Gasteiger partial charge in [-0.25, -0.2) is 15.1 Å². The number of H-pyrrole nitrogens is 1. The van der Waals surface area contributed by atoms with Crippen LogP contribution in [0.15, 0.2) is 41.7 Å². The maximum absolute atomic E-state index is 13.0. The minimum atomic E-state index is -4.57. The predicted octanol–water partition coefficient (Wildman–Crippen LogP) is 3.29. The summed E-state index contributed by atoms with van der Waals surface area (Å²) in [5.41, 5.74) is 0.0634. The van der Waals surface area contributed by atoms with Gasteiger partial charge in [-0.1, -0.05) is 0 Å². The predicted molar refractivity (Wildman–Crippen MR) is 122 cm³/mol. The Bertz CT molecular complexity index is 1480. The van der Waals surface area contributed by atoms with Gasteiger partial charge in [0.2, 0.25) is 5.95 Å². The van der Waals surface area contributed by atoms with Crippen molar-refractivity contribution in [2.24, 2.45) is 0 Å². The van der Waals surface area contributed by atoms with Crippen LogP contribution in [0.25, 0.3) is 22.2 Å². The molecule has 0 spiro atoms. The topological polar surface area (TPSA) is 115 Å². The molecule has 5 heterocycles. The van der Waals surface area contributed by atoms with Crippen LogP contribution in [0.2, 0.25) is 0 Å². The molecule has 36 heavy (non-hydrogen) atoms. The molecule has 4 aromatic rings. The fourth-order valence-corrected chi connectivity index (χ4v) is 4.38. The molecular formula is C23H21F3N8O2. The van der Waals surface area contributed by atoms with Gasteiger partial charge >= 0.3 is 6.18 Å². The highest BCUT2D eigenvalue weighted by Gasteiger charge is 2.33. The van der Waals surface area contributed by atoms with Gasteiger partial charge in [0.15, 0.2) is 0 Å². The van der Waals surface area contributed by atoms with Crippen molar-refractivity contribution in [1.29, 1.82) is 0 Å². The van der Waals surface area contributed by atoms with Gasteiger partial charge in [0.05, 0.1) is 42.2 Å². The zero-order valence-electron chi connectivity index (χ0n) is 19.1. The van der Waals surface area contributed by atoms with Gasteiger partial charge in [-0.15, -0.1) is 0 Å². The van der Waals surface area contributed by atoms with E-state index in [9.17, 15) is 18.0 Å². The fourth-order valence-electron chi connectivity index (χ4n) is 4.38. The van der Waals surface area contributed by atoms with E-state index in [0.717, 1.165) is 30.7 Å². The largest absolute Gasteiger partial charge is 0.433 e. The van der Waals surface area contributed by atoms with Crippen LogP contribution in [0.1, 0.15) is 43.2 Å². The Morgan fingerprint density at radius 2 is 1.94 bits per heavy atom. The first-order chi connectivity index (χ1) is 17.3. The Labute approximate surface area is 202 Å². The summed E-state index contributed by atoms with van der Waals surface area (Å²) in [7, 11) is 0. The van der Waals surface area contributed by atoms with E-state index in [1.165, 1.54) is 12.3 Å².